The number of nitrogens with one attached hydrogen (secondary N) is 3. The van der Waals surface area contributed by atoms with Crippen molar-refractivity contribution in [2.45, 2.75) is 29.4 Å². The van der Waals surface area contributed by atoms with Gasteiger partial charge in [-0.15, -0.1) is 24.2 Å². The molecule has 24 heavy (non-hydrogen) atoms. The predicted molar refractivity (Wildman–Crippen MR) is 100 cm³/mol. The van der Waals surface area contributed by atoms with Crippen LogP contribution in [0.1, 0.15) is 19.3 Å². The van der Waals surface area contributed by atoms with Gasteiger partial charge in [0.15, 0.2) is 0 Å². The Kier molecular flexibility index (Phi) is 7.22. The molecule has 2 amide bonds. The molecular formula is C16H21Cl2N3O2S. The number of hydrogen-bond donors (Lipinski definition) is 3. The highest BCUT2D eigenvalue weighted by atomic mass is 35.5. The van der Waals surface area contributed by atoms with Gasteiger partial charge in [-0.25, -0.2) is 0 Å². The molecule has 8 heteroatoms. The maximum atomic E-state index is 12.1. The lowest BCUT2D eigenvalue weighted by molar-refractivity contribution is -0.124. The second-order valence-electron chi connectivity index (χ2n) is 5.96. The lowest BCUT2D eigenvalue weighted by Gasteiger charge is -2.25. The summed E-state index contributed by atoms with van der Waals surface area (Å²) in [6, 6.07) is 5.40. The number of thioether (sulfide) groups is 1. The number of rotatable bonds is 4. The van der Waals surface area contributed by atoms with Crippen molar-refractivity contribution < 1.29 is 9.59 Å². The Labute approximate surface area is 157 Å². The van der Waals surface area contributed by atoms with E-state index in [4.69, 9.17) is 11.6 Å². The summed E-state index contributed by atoms with van der Waals surface area (Å²) in [6.07, 6.45) is 2.49. The van der Waals surface area contributed by atoms with Crippen molar-refractivity contribution >= 4 is 53.3 Å². The Bertz CT molecular complexity index is 609. The first-order valence-corrected chi connectivity index (χ1v) is 9.12. The second-order valence-corrected chi connectivity index (χ2v) is 7.64. The number of piperidine rings is 1. The van der Waals surface area contributed by atoms with Crippen molar-refractivity contribution in [3.63, 3.8) is 0 Å². The molecule has 2 aliphatic heterocycles. The maximum absolute atomic E-state index is 12.1. The molecule has 0 aromatic heterocycles. The average molecular weight is 390 g/mol. The molecule has 2 atom stereocenters. The third-order valence-electron chi connectivity index (χ3n) is 4.12. The van der Waals surface area contributed by atoms with E-state index in [1.54, 1.807) is 12.1 Å². The number of carbonyl (C=O) groups is 2. The molecule has 2 aliphatic rings. The highest BCUT2D eigenvalue weighted by molar-refractivity contribution is 8.01. The first-order chi connectivity index (χ1) is 11.1. The van der Waals surface area contributed by atoms with Gasteiger partial charge in [0.1, 0.15) is 0 Å². The van der Waals surface area contributed by atoms with Crippen molar-refractivity contribution in [1.82, 2.24) is 10.6 Å². The van der Waals surface area contributed by atoms with Crippen LogP contribution in [0.5, 0.6) is 0 Å². The molecule has 3 N–H and O–H groups in total. The van der Waals surface area contributed by atoms with E-state index in [0.29, 0.717) is 17.5 Å². The Morgan fingerprint density at radius 2 is 2.25 bits per heavy atom. The van der Waals surface area contributed by atoms with Crippen LogP contribution in [0.4, 0.5) is 5.69 Å². The Balaban J connectivity index is 0.00000208. The minimum absolute atomic E-state index is 0. The quantitative estimate of drug-likeness (QED) is 0.740. The lowest BCUT2D eigenvalue weighted by Crippen LogP contribution is -2.40. The molecule has 0 saturated carbocycles. The van der Waals surface area contributed by atoms with Crippen molar-refractivity contribution in [2.75, 3.05) is 25.0 Å². The van der Waals surface area contributed by atoms with E-state index in [0.717, 1.165) is 36.5 Å². The monoisotopic (exact) mass is 389 g/mol. The zero-order valence-electron chi connectivity index (χ0n) is 13.1. The Hall–Kier alpha value is -0.950. The Morgan fingerprint density at radius 3 is 3.00 bits per heavy atom. The van der Waals surface area contributed by atoms with Gasteiger partial charge >= 0.3 is 0 Å². The van der Waals surface area contributed by atoms with Gasteiger partial charge in [0.25, 0.3) is 0 Å². The summed E-state index contributed by atoms with van der Waals surface area (Å²) in [5.41, 5.74) is 0.720. The molecule has 5 nitrogen and oxygen atoms in total. The highest BCUT2D eigenvalue weighted by Crippen LogP contribution is 2.38. The molecule has 2 unspecified atom stereocenters. The molecule has 0 bridgehead atoms. The Morgan fingerprint density at radius 1 is 1.42 bits per heavy atom. The van der Waals surface area contributed by atoms with Gasteiger partial charge in [-0.05, 0) is 50.0 Å². The summed E-state index contributed by atoms with van der Waals surface area (Å²) < 4.78 is 0. The third kappa shape index (κ3) is 5.02. The lowest BCUT2D eigenvalue weighted by atomic mass is 10.00. The van der Waals surface area contributed by atoms with Gasteiger partial charge in [0, 0.05) is 22.9 Å². The van der Waals surface area contributed by atoms with Gasteiger partial charge in [0.2, 0.25) is 11.8 Å². The zero-order chi connectivity index (χ0) is 16.2. The molecule has 0 spiro atoms. The minimum Gasteiger partial charge on any atom is -0.356 e. The smallest absolute Gasteiger partial charge is 0.238 e. The van der Waals surface area contributed by atoms with Crippen LogP contribution >= 0.6 is 35.8 Å². The highest BCUT2D eigenvalue weighted by Gasteiger charge is 2.29. The molecule has 1 aromatic carbocycles. The van der Waals surface area contributed by atoms with E-state index >= 15 is 0 Å². The molecule has 1 fully saturated rings. The number of amides is 2. The molecule has 2 heterocycles. The van der Waals surface area contributed by atoms with Crippen LogP contribution in [0, 0.1) is 5.92 Å². The number of fused-ring (bicyclic) bond motifs is 1. The molecule has 1 saturated heterocycles. The second kappa shape index (κ2) is 8.94. The van der Waals surface area contributed by atoms with Crippen molar-refractivity contribution in [3.8, 4) is 0 Å². The topological polar surface area (TPSA) is 70.2 Å². The normalized spacial score (nSPS) is 22.8. The number of anilines is 1. The van der Waals surface area contributed by atoms with Crippen LogP contribution in [0.25, 0.3) is 0 Å². The van der Waals surface area contributed by atoms with E-state index in [2.05, 4.69) is 16.0 Å². The first-order valence-electron chi connectivity index (χ1n) is 7.86. The van der Waals surface area contributed by atoms with Gasteiger partial charge in [-0.2, -0.15) is 0 Å². The van der Waals surface area contributed by atoms with Crippen LogP contribution in [-0.2, 0) is 9.59 Å². The van der Waals surface area contributed by atoms with Gasteiger partial charge in [-0.3, -0.25) is 9.59 Å². The van der Waals surface area contributed by atoms with Crippen LogP contribution in [0.2, 0.25) is 5.02 Å². The third-order valence-corrected chi connectivity index (χ3v) is 5.63. The van der Waals surface area contributed by atoms with Crippen molar-refractivity contribution in [2.24, 2.45) is 5.92 Å². The summed E-state index contributed by atoms with van der Waals surface area (Å²) in [6.45, 7) is 2.69. The fraction of sp³-hybridized carbons (Fsp3) is 0.500. The van der Waals surface area contributed by atoms with Gasteiger partial charge < -0.3 is 16.0 Å². The summed E-state index contributed by atoms with van der Waals surface area (Å²) in [5, 5.41) is 9.31. The number of benzene rings is 1. The van der Waals surface area contributed by atoms with Crippen molar-refractivity contribution in [1.29, 1.82) is 0 Å². The summed E-state index contributed by atoms with van der Waals surface area (Å²) in [7, 11) is 0. The fourth-order valence-corrected chi connectivity index (χ4v) is 4.12. The first kappa shape index (κ1) is 19.4. The summed E-state index contributed by atoms with van der Waals surface area (Å²) in [4.78, 5) is 25.2. The molecular weight excluding hydrogens is 369 g/mol. The number of hydrogen-bond acceptors (Lipinski definition) is 4. The largest absolute Gasteiger partial charge is 0.356 e. The molecule has 0 aliphatic carbocycles. The average Bonchev–Trinajstić information content (AvgIpc) is 2.55. The molecule has 3 rings (SSSR count). The summed E-state index contributed by atoms with van der Waals surface area (Å²) >= 11 is 7.35. The molecule has 1 aromatic rings. The van der Waals surface area contributed by atoms with Crippen LogP contribution in [0.3, 0.4) is 0 Å². The van der Waals surface area contributed by atoms with Gasteiger partial charge in [0.05, 0.1) is 10.9 Å². The fourth-order valence-electron chi connectivity index (χ4n) is 2.85. The van der Waals surface area contributed by atoms with Crippen LogP contribution in [-0.4, -0.2) is 36.7 Å². The van der Waals surface area contributed by atoms with Crippen molar-refractivity contribution in [3.05, 3.63) is 23.2 Å². The maximum Gasteiger partial charge on any atom is 0.238 e. The number of halogens is 2. The van der Waals surface area contributed by atoms with Crippen LogP contribution in [0.15, 0.2) is 23.1 Å². The van der Waals surface area contributed by atoms with E-state index < -0.39 is 5.25 Å². The standard InChI is InChI=1S/C16H20ClN3O2S.ClH/c17-11-3-4-13-12(6-11)20-16(22)14(23-13)7-15(21)19-9-10-2-1-5-18-8-10;/h3-4,6,10,14,18H,1-2,5,7-9H2,(H,19,21)(H,20,22);1H. The zero-order valence-corrected chi connectivity index (χ0v) is 15.5. The number of carbonyl (C=O) groups excluding carboxylic acids is 2. The SMILES string of the molecule is Cl.O=C(CC1Sc2ccc(Cl)cc2NC1=O)NCC1CCCNC1. The van der Waals surface area contributed by atoms with E-state index in [1.165, 1.54) is 11.8 Å². The van der Waals surface area contributed by atoms with E-state index in [9.17, 15) is 9.59 Å². The van der Waals surface area contributed by atoms with Crippen LogP contribution < -0.4 is 16.0 Å². The minimum atomic E-state index is -0.395. The van der Waals surface area contributed by atoms with E-state index in [1.807, 2.05) is 6.07 Å². The molecule has 0 radical (unpaired) electrons. The predicted octanol–water partition coefficient (Wildman–Crippen LogP) is 2.68. The molecule has 132 valence electrons. The van der Waals surface area contributed by atoms with Gasteiger partial charge in [-0.1, -0.05) is 11.6 Å². The van der Waals surface area contributed by atoms with E-state index in [-0.39, 0.29) is 30.6 Å². The summed E-state index contributed by atoms with van der Waals surface area (Å²) in [5.74, 6) is 0.281.